The van der Waals surface area contributed by atoms with E-state index in [4.69, 9.17) is 10.2 Å². The van der Waals surface area contributed by atoms with Crippen LogP contribution in [0.25, 0.3) is 6.08 Å². The van der Waals surface area contributed by atoms with Crippen molar-refractivity contribution >= 4 is 18.0 Å². The molecule has 0 radical (unpaired) electrons. The number of aliphatic carboxylic acids is 1. The summed E-state index contributed by atoms with van der Waals surface area (Å²) in [6.45, 7) is -0.334. The maximum atomic E-state index is 12.6. The maximum Gasteiger partial charge on any atom is 0.326 e. The average Bonchev–Trinajstić information content (AvgIpc) is 2.37. The molecule has 1 amide bonds. The molecule has 0 aromatic heterocycles. The average molecular weight is 267 g/mol. The lowest BCUT2D eigenvalue weighted by Gasteiger charge is -2.11. The number of carboxylic acids is 1. The number of rotatable bonds is 6. The first kappa shape index (κ1) is 14.8. The van der Waals surface area contributed by atoms with E-state index in [0.717, 1.165) is 6.08 Å². The fourth-order valence-electron chi connectivity index (χ4n) is 1.35. The van der Waals surface area contributed by atoms with Crippen molar-refractivity contribution in [2.45, 2.75) is 12.5 Å². The van der Waals surface area contributed by atoms with E-state index in [9.17, 15) is 14.0 Å². The Hall–Kier alpha value is -2.21. The van der Waals surface area contributed by atoms with Gasteiger partial charge in [0.25, 0.3) is 0 Å². The van der Waals surface area contributed by atoms with Crippen molar-refractivity contribution in [3.8, 4) is 0 Å². The first-order valence-corrected chi connectivity index (χ1v) is 5.60. The second kappa shape index (κ2) is 7.27. The van der Waals surface area contributed by atoms with Gasteiger partial charge >= 0.3 is 5.97 Å². The minimum absolute atomic E-state index is 0.0640. The summed E-state index contributed by atoms with van der Waals surface area (Å²) in [5, 5.41) is 19.7. The minimum Gasteiger partial charge on any atom is -0.480 e. The number of hydrogen-bond acceptors (Lipinski definition) is 3. The largest absolute Gasteiger partial charge is 0.480 e. The molecule has 6 heteroatoms. The molecule has 1 aromatic rings. The molecule has 0 heterocycles. The topological polar surface area (TPSA) is 86.6 Å². The molecule has 0 fully saturated rings. The molecule has 0 saturated heterocycles. The van der Waals surface area contributed by atoms with E-state index in [1.807, 2.05) is 0 Å². The molecular formula is C13H14FNO4. The number of carbonyl (C=O) groups excluding carboxylic acids is 1. The van der Waals surface area contributed by atoms with E-state index < -0.39 is 17.9 Å². The van der Waals surface area contributed by atoms with Crippen LogP contribution in [-0.2, 0) is 9.59 Å². The number of carbonyl (C=O) groups is 2. The molecule has 102 valence electrons. The number of carboxylic acid groups (broad SMARTS) is 1. The molecule has 0 unspecified atom stereocenters. The molecule has 0 aliphatic heterocycles. The normalized spacial score (nSPS) is 12.3. The Labute approximate surface area is 109 Å². The van der Waals surface area contributed by atoms with Gasteiger partial charge in [0.05, 0.1) is 0 Å². The monoisotopic (exact) mass is 267 g/mol. The number of hydrogen-bond donors (Lipinski definition) is 3. The van der Waals surface area contributed by atoms with Crippen molar-refractivity contribution in [3.05, 3.63) is 41.7 Å². The Morgan fingerprint density at radius 3 is 2.47 bits per heavy atom. The number of halogens is 1. The van der Waals surface area contributed by atoms with Crippen molar-refractivity contribution in [1.29, 1.82) is 0 Å². The lowest BCUT2D eigenvalue weighted by atomic mass is 10.2. The van der Waals surface area contributed by atoms with Crippen LogP contribution in [0.4, 0.5) is 4.39 Å². The van der Waals surface area contributed by atoms with Crippen LogP contribution in [-0.4, -0.2) is 34.7 Å². The smallest absolute Gasteiger partial charge is 0.326 e. The second-order valence-electron chi connectivity index (χ2n) is 3.80. The fraction of sp³-hybridized carbons (Fsp3) is 0.231. The third-order valence-electron chi connectivity index (χ3n) is 2.33. The number of aliphatic hydroxyl groups excluding tert-OH is 1. The molecule has 5 nitrogen and oxygen atoms in total. The molecule has 0 spiro atoms. The van der Waals surface area contributed by atoms with E-state index in [1.165, 1.54) is 30.3 Å². The van der Waals surface area contributed by atoms with Gasteiger partial charge in [-0.15, -0.1) is 0 Å². The predicted octanol–water partition coefficient (Wildman–Crippen LogP) is 0.791. The van der Waals surface area contributed by atoms with Gasteiger partial charge in [0.1, 0.15) is 11.9 Å². The predicted molar refractivity (Wildman–Crippen MR) is 66.7 cm³/mol. The summed E-state index contributed by atoms with van der Waals surface area (Å²) in [5.74, 6) is -2.18. The van der Waals surface area contributed by atoms with Crippen LogP contribution >= 0.6 is 0 Å². The van der Waals surface area contributed by atoms with Gasteiger partial charge in [0.15, 0.2) is 0 Å². The second-order valence-corrected chi connectivity index (χ2v) is 3.80. The highest BCUT2D eigenvalue weighted by Gasteiger charge is 2.17. The molecule has 1 aromatic carbocycles. The summed E-state index contributed by atoms with van der Waals surface area (Å²) in [4.78, 5) is 22.2. The van der Waals surface area contributed by atoms with Crippen LogP contribution in [0.5, 0.6) is 0 Å². The Kier molecular flexibility index (Phi) is 5.69. The summed E-state index contributed by atoms with van der Waals surface area (Å²) < 4.78 is 12.6. The molecule has 0 aliphatic rings. The van der Waals surface area contributed by atoms with Gasteiger partial charge in [0, 0.05) is 19.1 Å². The maximum absolute atomic E-state index is 12.6. The lowest BCUT2D eigenvalue weighted by Crippen LogP contribution is -2.40. The van der Waals surface area contributed by atoms with E-state index in [0.29, 0.717) is 5.56 Å². The van der Waals surface area contributed by atoms with Crippen molar-refractivity contribution in [2.24, 2.45) is 0 Å². The van der Waals surface area contributed by atoms with Gasteiger partial charge in [-0.1, -0.05) is 12.1 Å². The zero-order valence-electron chi connectivity index (χ0n) is 10.0. The van der Waals surface area contributed by atoms with Crippen molar-refractivity contribution in [2.75, 3.05) is 6.61 Å². The van der Waals surface area contributed by atoms with Gasteiger partial charge in [-0.3, -0.25) is 4.79 Å². The van der Waals surface area contributed by atoms with E-state index in [-0.39, 0.29) is 18.8 Å². The number of aliphatic hydroxyl groups is 1. The quantitative estimate of drug-likeness (QED) is 0.665. The Bertz CT molecular complexity index is 470. The van der Waals surface area contributed by atoms with Crippen molar-refractivity contribution < 1.29 is 24.2 Å². The third-order valence-corrected chi connectivity index (χ3v) is 2.33. The van der Waals surface area contributed by atoms with Gasteiger partial charge < -0.3 is 15.5 Å². The zero-order valence-corrected chi connectivity index (χ0v) is 10.0. The van der Waals surface area contributed by atoms with Gasteiger partial charge in [-0.05, 0) is 23.8 Å². The van der Waals surface area contributed by atoms with Crippen molar-refractivity contribution in [3.63, 3.8) is 0 Å². The van der Waals surface area contributed by atoms with E-state index >= 15 is 0 Å². The summed E-state index contributed by atoms with van der Waals surface area (Å²) in [5.41, 5.74) is 0.616. The standard InChI is InChI=1S/C13H14FNO4/c14-10-4-1-9(2-5-10)3-6-12(17)15-11(7-8-16)13(18)19/h1-6,11,16H,7-8H2,(H,15,17)(H,18,19)/b6-3+/t11-/m1/s1. The van der Waals surface area contributed by atoms with Crippen LogP contribution in [0.1, 0.15) is 12.0 Å². The molecule has 0 saturated carbocycles. The van der Waals surface area contributed by atoms with Gasteiger partial charge in [0.2, 0.25) is 5.91 Å². The zero-order chi connectivity index (χ0) is 14.3. The molecule has 1 atom stereocenters. The van der Waals surface area contributed by atoms with Crippen LogP contribution in [0.2, 0.25) is 0 Å². The highest BCUT2D eigenvalue weighted by molar-refractivity contribution is 5.94. The van der Waals surface area contributed by atoms with E-state index in [1.54, 1.807) is 0 Å². The van der Waals surface area contributed by atoms with Crippen LogP contribution < -0.4 is 5.32 Å². The van der Waals surface area contributed by atoms with E-state index in [2.05, 4.69) is 5.32 Å². The third kappa shape index (κ3) is 5.31. The Balaban J connectivity index is 2.58. The van der Waals surface area contributed by atoms with Crippen molar-refractivity contribution in [1.82, 2.24) is 5.32 Å². The minimum atomic E-state index is -1.21. The van der Waals surface area contributed by atoms with Crippen LogP contribution in [0.3, 0.4) is 0 Å². The first-order chi connectivity index (χ1) is 9.02. The number of nitrogens with one attached hydrogen (secondary N) is 1. The lowest BCUT2D eigenvalue weighted by molar-refractivity contribution is -0.141. The summed E-state index contributed by atoms with van der Waals surface area (Å²) in [6.07, 6.45) is 2.53. The highest BCUT2D eigenvalue weighted by Crippen LogP contribution is 2.04. The highest BCUT2D eigenvalue weighted by atomic mass is 19.1. The molecule has 1 rings (SSSR count). The molecule has 3 N–H and O–H groups in total. The molecule has 0 bridgehead atoms. The van der Waals surface area contributed by atoms with Gasteiger partial charge in [-0.25, -0.2) is 9.18 Å². The summed E-state index contributed by atoms with van der Waals surface area (Å²) in [7, 11) is 0. The number of amides is 1. The SMILES string of the molecule is O=C(/C=C/c1ccc(F)cc1)N[C@H](CCO)C(=O)O. The fourth-order valence-corrected chi connectivity index (χ4v) is 1.35. The summed E-state index contributed by atoms with van der Waals surface area (Å²) in [6, 6.07) is 4.35. The molecule has 0 aliphatic carbocycles. The number of benzene rings is 1. The molecular weight excluding hydrogens is 253 g/mol. The Morgan fingerprint density at radius 1 is 1.32 bits per heavy atom. The molecule has 19 heavy (non-hydrogen) atoms. The summed E-state index contributed by atoms with van der Waals surface area (Å²) >= 11 is 0. The van der Waals surface area contributed by atoms with Gasteiger partial charge in [-0.2, -0.15) is 0 Å². The first-order valence-electron chi connectivity index (χ1n) is 5.60. The van der Waals surface area contributed by atoms with Crippen LogP contribution in [0, 0.1) is 5.82 Å². The van der Waals surface area contributed by atoms with Crippen LogP contribution in [0.15, 0.2) is 30.3 Å². The Morgan fingerprint density at radius 2 is 1.95 bits per heavy atom.